The van der Waals surface area contributed by atoms with Crippen LogP contribution in [0.15, 0.2) is 12.2 Å². The van der Waals surface area contributed by atoms with Crippen LogP contribution in [0.4, 0.5) is 0 Å². The summed E-state index contributed by atoms with van der Waals surface area (Å²) in [5.74, 6) is 1.23. The minimum atomic E-state index is -0.00926. The molecule has 1 heteroatoms. The normalized spacial score (nSPS) is 50.9. The fourth-order valence-electron chi connectivity index (χ4n) is 1.75. The summed E-state index contributed by atoms with van der Waals surface area (Å²) in [5, 5.41) is 9.17. The third-order valence-electron chi connectivity index (χ3n) is 2.24. The number of aliphatic hydroxyl groups is 1. The molecule has 1 nitrogen and oxygen atoms in total. The average molecular weight is 110 g/mol. The summed E-state index contributed by atoms with van der Waals surface area (Å²) < 4.78 is 0. The molecule has 2 bridgehead atoms. The van der Waals surface area contributed by atoms with Crippen LogP contribution in [-0.4, -0.2) is 11.2 Å². The van der Waals surface area contributed by atoms with Crippen molar-refractivity contribution in [2.75, 3.05) is 0 Å². The molecule has 1 fully saturated rings. The molecule has 2 rings (SSSR count). The summed E-state index contributed by atoms with van der Waals surface area (Å²) >= 11 is 0. The monoisotopic (exact) mass is 110 g/mol. The lowest BCUT2D eigenvalue weighted by Crippen LogP contribution is -2.11. The van der Waals surface area contributed by atoms with Crippen molar-refractivity contribution >= 4 is 0 Å². The van der Waals surface area contributed by atoms with Crippen molar-refractivity contribution < 1.29 is 5.11 Å². The minimum absolute atomic E-state index is 0.00926. The Labute approximate surface area is 49.0 Å². The van der Waals surface area contributed by atoms with Gasteiger partial charge in [0.2, 0.25) is 0 Å². The highest BCUT2D eigenvalue weighted by Crippen LogP contribution is 2.38. The van der Waals surface area contributed by atoms with Gasteiger partial charge in [0.25, 0.3) is 0 Å². The van der Waals surface area contributed by atoms with Crippen molar-refractivity contribution in [2.24, 2.45) is 11.8 Å². The predicted octanol–water partition coefficient (Wildman–Crippen LogP) is 0.943. The zero-order valence-corrected chi connectivity index (χ0v) is 4.75. The van der Waals surface area contributed by atoms with Gasteiger partial charge in [-0.1, -0.05) is 12.2 Å². The summed E-state index contributed by atoms with van der Waals surface area (Å²) in [5.41, 5.74) is 0. The van der Waals surface area contributed by atoms with E-state index in [4.69, 9.17) is 5.11 Å². The standard InChI is InChI=1S/C7H10O/c8-7-4-5-1-2-6(7)3-5/h1-2,5-8H,3-4H2/t5-,6+,7+/m0/s1. The summed E-state index contributed by atoms with van der Waals surface area (Å²) in [6.07, 6.45) is 6.60. The maximum absolute atomic E-state index is 9.17. The second-order valence-corrected chi connectivity index (χ2v) is 2.85. The van der Waals surface area contributed by atoms with Crippen molar-refractivity contribution in [3.05, 3.63) is 12.2 Å². The highest BCUT2D eigenvalue weighted by Gasteiger charge is 2.33. The van der Waals surface area contributed by atoms with Gasteiger partial charge in [0.15, 0.2) is 0 Å². The van der Waals surface area contributed by atoms with Gasteiger partial charge in [-0.2, -0.15) is 0 Å². The first-order chi connectivity index (χ1) is 3.86. The average Bonchev–Trinajstić information content (AvgIpc) is 2.23. The molecule has 1 saturated carbocycles. The molecule has 44 valence electrons. The Balaban J connectivity index is 2.23. The maximum atomic E-state index is 9.17. The van der Waals surface area contributed by atoms with E-state index in [1.807, 2.05) is 0 Å². The molecule has 0 aromatic carbocycles. The zero-order valence-electron chi connectivity index (χ0n) is 4.75. The number of allylic oxidation sites excluding steroid dienone is 1. The van der Waals surface area contributed by atoms with Crippen LogP contribution >= 0.6 is 0 Å². The molecule has 2 aliphatic carbocycles. The van der Waals surface area contributed by atoms with E-state index in [1.54, 1.807) is 0 Å². The van der Waals surface area contributed by atoms with E-state index in [0.717, 1.165) is 12.3 Å². The van der Waals surface area contributed by atoms with Crippen LogP contribution in [0.3, 0.4) is 0 Å². The van der Waals surface area contributed by atoms with Gasteiger partial charge >= 0.3 is 0 Å². The van der Waals surface area contributed by atoms with Crippen molar-refractivity contribution in [3.8, 4) is 0 Å². The first kappa shape index (κ1) is 4.57. The van der Waals surface area contributed by atoms with Gasteiger partial charge in [-0.05, 0) is 18.8 Å². The molecular formula is C7H10O. The van der Waals surface area contributed by atoms with Crippen LogP contribution in [0.25, 0.3) is 0 Å². The first-order valence-electron chi connectivity index (χ1n) is 3.22. The van der Waals surface area contributed by atoms with E-state index in [2.05, 4.69) is 12.2 Å². The van der Waals surface area contributed by atoms with Crippen LogP contribution < -0.4 is 0 Å². The quantitative estimate of drug-likeness (QED) is 0.460. The van der Waals surface area contributed by atoms with E-state index >= 15 is 0 Å². The summed E-state index contributed by atoms with van der Waals surface area (Å²) in [4.78, 5) is 0. The number of rotatable bonds is 0. The van der Waals surface area contributed by atoms with E-state index in [1.165, 1.54) is 6.42 Å². The summed E-state index contributed by atoms with van der Waals surface area (Å²) in [6.45, 7) is 0. The Morgan fingerprint density at radius 2 is 2.12 bits per heavy atom. The first-order valence-corrected chi connectivity index (χ1v) is 3.22. The molecular weight excluding hydrogens is 100 g/mol. The molecule has 0 unspecified atom stereocenters. The van der Waals surface area contributed by atoms with Gasteiger partial charge < -0.3 is 5.11 Å². The molecule has 0 heterocycles. The Morgan fingerprint density at radius 3 is 2.38 bits per heavy atom. The third kappa shape index (κ3) is 0.451. The number of aliphatic hydroxyl groups excluding tert-OH is 1. The number of hydrogen-bond donors (Lipinski definition) is 1. The Hall–Kier alpha value is -0.300. The molecule has 1 N–H and O–H groups in total. The molecule has 0 aromatic heterocycles. The Morgan fingerprint density at radius 1 is 1.25 bits per heavy atom. The number of fused-ring (bicyclic) bond motifs is 2. The van der Waals surface area contributed by atoms with E-state index < -0.39 is 0 Å². The second-order valence-electron chi connectivity index (χ2n) is 2.85. The lowest BCUT2D eigenvalue weighted by Gasteiger charge is -2.08. The van der Waals surface area contributed by atoms with Crippen molar-refractivity contribution in [1.82, 2.24) is 0 Å². The second kappa shape index (κ2) is 1.35. The van der Waals surface area contributed by atoms with Gasteiger partial charge in [-0.3, -0.25) is 0 Å². The summed E-state index contributed by atoms with van der Waals surface area (Å²) in [6, 6.07) is 0. The van der Waals surface area contributed by atoms with E-state index in [-0.39, 0.29) is 6.10 Å². The van der Waals surface area contributed by atoms with Gasteiger partial charge in [0, 0.05) is 5.92 Å². The van der Waals surface area contributed by atoms with Crippen LogP contribution in [0, 0.1) is 11.8 Å². The fourth-order valence-corrected chi connectivity index (χ4v) is 1.75. The zero-order chi connectivity index (χ0) is 5.56. The summed E-state index contributed by atoms with van der Waals surface area (Å²) in [7, 11) is 0. The van der Waals surface area contributed by atoms with Gasteiger partial charge in [-0.25, -0.2) is 0 Å². The van der Waals surface area contributed by atoms with Crippen LogP contribution in [-0.2, 0) is 0 Å². The maximum Gasteiger partial charge on any atom is 0.0608 e. The molecule has 8 heavy (non-hydrogen) atoms. The fraction of sp³-hybridized carbons (Fsp3) is 0.714. The molecule has 0 aliphatic heterocycles. The van der Waals surface area contributed by atoms with E-state index in [9.17, 15) is 0 Å². The molecule has 0 spiro atoms. The van der Waals surface area contributed by atoms with Crippen molar-refractivity contribution in [1.29, 1.82) is 0 Å². The highest BCUT2D eigenvalue weighted by molar-refractivity contribution is 5.10. The predicted molar refractivity (Wildman–Crippen MR) is 31.4 cm³/mol. The Kier molecular flexibility index (Phi) is 0.770. The van der Waals surface area contributed by atoms with Gasteiger partial charge in [0.05, 0.1) is 6.10 Å². The molecule has 0 aromatic rings. The lowest BCUT2D eigenvalue weighted by molar-refractivity contribution is 0.148. The lowest BCUT2D eigenvalue weighted by atomic mass is 10.1. The van der Waals surface area contributed by atoms with Gasteiger partial charge in [-0.15, -0.1) is 0 Å². The molecule has 0 radical (unpaired) electrons. The van der Waals surface area contributed by atoms with Gasteiger partial charge in [0.1, 0.15) is 0 Å². The highest BCUT2D eigenvalue weighted by atomic mass is 16.3. The van der Waals surface area contributed by atoms with Crippen LogP contribution in [0.2, 0.25) is 0 Å². The molecule has 0 saturated heterocycles. The molecule has 3 atom stereocenters. The smallest absolute Gasteiger partial charge is 0.0608 e. The largest absolute Gasteiger partial charge is 0.392 e. The SMILES string of the molecule is O[C@@H]1C[C@H]2C=C[C@@H]1C2. The topological polar surface area (TPSA) is 20.2 Å². The van der Waals surface area contributed by atoms with Crippen molar-refractivity contribution in [3.63, 3.8) is 0 Å². The minimum Gasteiger partial charge on any atom is -0.392 e. The van der Waals surface area contributed by atoms with Crippen molar-refractivity contribution in [2.45, 2.75) is 18.9 Å². The Bertz CT molecular complexity index is 128. The molecule has 2 aliphatic rings. The third-order valence-corrected chi connectivity index (χ3v) is 2.24. The number of hydrogen-bond acceptors (Lipinski definition) is 1. The van der Waals surface area contributed by atoms with E-state index in [0.29, 0.717) is 5.92 Å². The van der Waals surface area contributed by atoms with Crippen LogP contribution in [0.5, 0.6) is 0 Å². The van der Waals surface area contributed by atoms with Crippen LogP contribution in [0.1, 0.15) is 12.8 Å². The molecule has 0 amide bonds.